The van der Waals surface area contributed by atoms with Crippen molar-refractivity contribution < 1.29 is 5.11 Å². The molecule has 3 rings (SSSR count). The van der Waals surface area contributed by atoms with Crippen LogP contribution in [-0.2, 0) is 7.05 Å². The van der Waals surface area contributed by atoms with E-state index in [1.54, 1.807) is 18.0 Å². The first-order valence-corrected chi connectivity index (χ1v) is 6.93. The molecular formula is C13H12N4OS. The maximum absolute atomic E-state index is 10.0. The topological polar surface area (TPSA) is 62.8 Å². The zero-order valence-corrected chi connectivity index (χ0v) is 11.3. The van der Waals surface area contributed by atoms with Crippen molar-refractivity contribution >= 4 is 29.9 Å². The smallest absolute Gasteiger partial charge is 0.219 e. The number of aliphatic imine (C=N–C) groups is 1. The number of nitrogens with zero attached hydrogens (tertiary/aromatic N) is 4. The van der Waals surface area contributed by atoms with Crippen molar-refractivity contribution in [2.24, 2.45) is 17.0 Å². The van der Waals surface area contributed by atoms with Crippen LogP contribution >= 0.6 is 11.8 Å². The molecule has 1 aromatic heterocycles. The first kappa shape index (κ1) is 12.0. The first-order valence-electron chi connectivity index (χ1n) is 5.71. The van der Waals surface area contributed by atoms with Crippen molar-refractivity contribution in [3.63, 3.8) is 0 Å². The highest BCUT2D eigenvalue weighted by atomic mass is 32.2. The van der Waals surface area contributed by atoms with Crippen molar-refractivity contribution in [3.8, 4) is 5.88 Å². The predicted octanol–water partition coefficient (Wildman–Crippen LogP) is 0.969. The Labute approximate surface area is 114 Å². The predicted molar refractivity (Wildman–Crippen MR) is 75.6 cm³/mol. The minimum atomic E-state index is 0.165. The Kier molecular flexibility index (Phi) is 2.87. The Morgan fingerprint density at radius 3 is 2.95 bits per heavy atom. The van der Waals surface area contributed by atoms with Gasteiger partial charge in [0.1, 0.15) is 12.0 Å². The van der Waals surface area contributed by atoms with Gasteiger partial charge < -0.3 is 5.11 Å². The van der Waals surface area contributed by atoms with Crippen molar-refractivity contribution in [2.45, 2.75) is 5.16 Å². The summed E-state index contributed by atoms with van der Waals surface area (Å²) in [5.41, 5.74) is 1.40. The van der Waals surface area contributed by atoms with E-state index in [1.165, 1.54) is 11.8 Å². The third kappa shape index (κ3) is 2.04. The lowest BCUT2D eigenvalue weighted by Gasteiger charge is -1.96. The van der Waals surface area contributed by atoms with Gasteiger partial charge in [0.05, 0.1) is 11.0 Å². The summed E-state index contributed by atoms with van der Waals surface area (Å²) in [7, 11) is 1.79. The summed E-state index contributed by atoms with van der Waals surface area (Å²) in [6, 6.07) is 5.77. The van der Waals surface area contributed by atoms with Crippen LogP contribution in [0.25, 0.3) is 6.08 Å². The van der Waals surface area contributed by atoms with Crippen LogP contribution in [0.5, 0.6) is 5.88 Å². The summed E-state index contributed by atoms with van der Waals surface area (Å²) >= 11 is 1.49. The molecule has 5 nitrogen and oxygen atoms in total. The van der Waals surface area contributed by atoms with E-state index < -0.39 is 0 Å². The highest BCUT2D eigenvalue weighted by molar-refractivity contribution is 7.98. The summed E-state index contributed by atoms with van der Waals surface area (Å²) in [6.45, 7) is 0. The number of imidazole rings is 1. The summed E-state index contributed by atoms with van der Waals surface area (Å²) < 4.78 is 1.66. The number of fused-ring (bicyclic) bond motifs is 1. The normalized spacial score (nSPS) is 13.7. The van der Waals surface area contributed by atoms with Crippen LogP contribution in [0.1, 0.15) is 5.69 Å². The van der Waals surface area contributed by atoms with Crippen LogP contribution in [0.2, 0.25) is 0 Å². The number of aromatic nitrogens is 2. The van der Waals surface area contributed by atoms with Gasteiger partial charge in [0.2, 0.25) is 5.88 Å². The molecule has 1 aromatic carbocycles. The van der Waals surface area contributed by atoms with Crippen LogP contribution in [-0.4, -0.2) is 27.3 Å². The van der Waals surface area contributed by atoms with Crippen molar-refractivity contribution in [3.05, 3.63) is 34.5 Å². The number of benzene rings is 1. The highest BCUT2D eigenvalue weighted by Gasteiger charge is 2.10. The van der Waals surface area contributed by atoms with Crippen LogP contribution in [0.15, 0.2) is 33.3 Å². The summed E-state index contributed by atoms with van der Waals surface area (Å²) in [5, 5.41) is 12.6. The lowest BCUT2D eigenvalue weighted by molar-refractivity contribution is 0.424. The van der Waals surface area contributed by atoms with Crippen LogP contribution in [0.3, 0.4) is 0 Å². The molecule has 0 unspecified atom stereocenters. The minimum Gasteiger partial charge on any atom is -0.493 e. The Balaban J connectivity index is 2.12. The fraction of sp³-hybridized carbons (Fsp3) is 0.154. The quantitative estimate of drug-likeness (QED) is 0.829. The zero-order valence-electron chi connectivity index (χ0n) is 10.5. The van der Waals surface area contributed by atoms with E-state index in [4.69, 9.17) is 0 Å². The van der Waals surface area contributed by atoms with E-state index >= 15 is 0 Å². The summed E-state index contributed by atoms with van der Waals surface area (Å²) in [6.07, 6.45) is 5.30. The number of thioether (sulfide) groups is 1. The van der Waals surface area contributed by atoms with E-state index in [1.807, 2.05) is 30.5 Å². The molecule has 6 heteroatoms. The molecule has 2 heterocycles. The van der Waals surface area contributed by atoms with Crippen molar-refractivity contribution in [1.29, 1.82) is 0 Å². The maximum atomic E-state index is 10.0. The van der Waals surface area contributed by atoms with Crippen LogP contribution in [0, 0.1) is 0 Å². The second-order valence-corrected chi connectivity index (χ2v) is 4.91. The number of hydrogen-bond donors (Lipinski definition) is 1. The molecule has 0 bridgehead atoms. The van der Waals surface area contributed by atoms with Gasteiger partial charge in [-0.1, -0.05) is 17.8 Å². The molecule has 0 radical (unpaired) electrons. The molecule has 0 atom stereocenters. The molecule has 0 saturated carbocycles. The van der Waals surface area contributed by atoms with E-state index in [0.717, 1.165) is 21.4 Å². The molecule has 0 aliphatic carbocycles. The van der Waals surface area contributed by atoms with Crippen molar-refractivity contribution in [1.82, 2.24) is 9.55 Å². The van der Waals surface area contributed by atoms with Gasteiger partial charge >= 0.3 is 0 Å². The van der Waals surface area contributed by atoms with E-state index in [0.29, 0.717) is 5.69 Å². The zero-order chi connectivity index (χ0) is 13.4. The van der Waals surface area contributed by atoms with E-state index in [-0.39, 0.29) is 5.88 Å². The van der Waals surface area contributed by atoms with Gasteiger partial charge in [-0.3, -0.25) is 4.57 Å². The van der Waals surface area contributed by atoms with Gasteiger partial charge in [0.15, 0.2) is 5.16 Å². The van der Waals surface area contributed by atoms with Gasteiger partial charge in [0.25, 0.3) is 0 Å². The summed E-state index contributed by atoms with van der Waals surface area (Å²) in [5.74, 6) is 0.165. The van der Waals surface area contributed by atoms with Crippen molar-refractivity contribution in [2.75, 3.05) is 6.26 Å². The Bertz CT molecular complexity index is 792. The first-order chi connectivity index (χ1) is 9.19. The molecule has 1 aliphatic rings. The number of hydrogen-bond acceptors (Lipinski definition) is 5. The number of rotatable bonds is 2. The third-order valence-electron chi connectivity index (χ3n) is 2.93. The van der Waals surface area contributed by atoms with E-state index in [9.17, 15) is 5.11 Å². The molecule has 96 valence electrons. The average molecular weight is 272 g/mol. The fourth-order valence-electron chi connectivity index (χ4n) is 1.92. The lowest BCUT2D eigenvalue weighted by atomic mass is 10.2. The molecule has 0 spiro atoms. The molecule has 1 aliphatic heterocycles. The highest BCUT2D eigenvalue weighted by Crippen LogP contribution is 2.23. The lowest BCUT2D eigenvalue weighted by Crippen LogP contribution is -2.07. The standard InChI is InChI=1S/C13H12N4OS/c1-17-12(18)11(16-13(17)19-2)6-8-3-4-9-10(5-8)15-7-14-9/h3-7,18H,1-2H3/b8-6+. The maximum Gasteiger partial charge on any atom is 0.219 e. The minimum absolute atomic E-state index is 0.165. The van der Waals surface area contributed by atoms with Crippen LogP contribution in [0.4, 0.5) is 5.69 Å². The monoisotopic (exact) mass is 272 g/mol. The molecule has 19 heavy (non-hydrogen) atoms. The van der Waals surface area contributed by atoms with E-state index in [2.05, 4.69) is 15.0 Å². The van der Waals surface area contributed by atoms with Gasteiger partial charge in [-0.15, -0.1) is 0 Å². The van der Waals surface area contributed by atoms with Gasteiger partial charge in [0, 0.05) is 7.05 Å². The van der Waals surface area contributed by atoms with Gasteiger partial charge in [-0.2, -0.15) is 0 Å². The third-order valence-corrected chi connectivity index (χ3v) is 3.66. The Hall–Kier alpha value is -2.08. The number of aromatic hydroxyl groups is 1. The Morgan fingerprint density at radius 1 is 1.37 bits per heavy atom. The molecule has 0 saturated heterocycles. The molecule has 1 N–H and O–H groups in total. The summed E-state index contributed by atoms with van der Waals surface area (Å²) in [4.78, 5) is 12.7. The average Bonchev–Trinajstić information content (AvgIpc) is 2.98. The SMILES string of the molecule is CSc1nc(/C=c2\ccc3c(c2)N=CN=3)c(O)n1C. The molecule has 0 fully saturated rings. The second kappa shape index (κ2) is 4.55. The largest absolute Gasteiger partial charge is 0.493 e. The molecule has 2 aromatic rings. The molecule has 0 amide bonds. The van der Waals surface area contributed by atoms with Crippen LogP contribution < -0.4 is 10.6 Å². The second-order valence-electron chi connectivity index (χ2n) is 4.13. The molecular weight excluding hydrogens is 260 g/mol. The van der Waals surface area contributed by atoms with Gasteiger partial charge in [-0.05, 0) is 29.7 Å². The fourth-order valence-corrected chi connectivity index (χ4v) is 2.47. The van der Waals surface area contributed by atoms with Gasteiger partial charge in [-0.25, -0.2) is 15.0 Å². The Morgan fingerprint density at radius 2 is 2.21 bits per heavy atom.